The van der Waals surface area contributed by atoms with Gasteiger partial charge < -0.3 is 14.8 Å². The van der Waals surface area contributed by atoms with Crippen molar-refractivity contribution in [3.63, 3.8) is 0 Å². The predicted octanol–water partition coefficient (Wildman–Crippen LogP) is 3.79. The van der Waals surface area contributed by atoms with Crippen molar-refractivity contribution in [1.29, 1.82) is 0 Å². The third-order valence-corrected chi connectivity index (χ3v) is 4.26. The van der Waals surface area contributed by atoms with Gasteiger partial charge in [-0.05, 0) is 53.6 Å². The zero-order valence-corrected chi connectivity index (χ0v) is 15.1. The molecule has 0 saturated heterocycles. The third-order valence-electron chi connectivity index (χ3n) is 4.26. The van der Waals surface area contributed by atoms with Crippen LogP contribution < -0.4 is 20.2 Å². The second-order valence-electron chi connectivity index (χ2n) is 6.23. The lowest BCUT2D eigenvalue weighted by molar-refractivity contribution is 0.0955. The van der Waals surface area contributed by atoms with Crippen LogP contribution in [0.25, 0.3) is 0 Å². The molecule has 0 aliphatic carbocycles. The molecule has 0 radical (unpaired) electrons. The molecule has 2 N–H and O–H groups in total. The van der Waals surface area contributed by atoms with Gasteiger partial charge in [0, 0.05) is 17.8 Å². The van der Waals surface area contributed by atoms with Gasteiger partial charge in [0.15, 0.2) is 11.5 Å². The van der Waals surface area contributed by atoms with Crippen LogP contribution in [0.1, 0.15) is 21.5 Å². The van der Waals surface area contributed by atoms with Crippen LogP contribution in [-0.4, -0.2) is 18.9 Å². The van der Waals surface area contributed by atoms with E-state index in [1.807, 2.05) is 48.5 Å². The van der Waals surface area contributed by atoms with Gasteiger partial charge in [0.25, 0.3) is 5.91 Å². The van der Waals surface area contributed by atoms with Crippen molar-refractivity contribution in [2.24, 2.45) is 5.10 Å². The average Bonchev–Trinajstić information content (AvgIpc) is 3.21. The highest BCUT2D eigenvalue weighted by atomic mass is 16.7. The first-order valence-corrected chi connectivity index (χ1v) is 8.89. The number of fused-ring (bicyclic) bond motifs is 1. The second kappa shape index (κ2) is 8.26. The number of nitrogens with zero attached hydrogens (tertiary/aromatic N) is 1. The topological polar surface area (TPSA) is 72.0 Å². The SMILES string of the molecule is O=C(N/N=C/c1ccc2c(c1)OCO2)c1ccc(NCc2ccccc2)cc1. The molecule has 1 heterocycles. The molecule has 6 heteroatoms. The van der Waals surface area contributed by atoms with E-state index in [1.165, 1.54) is 5.56 Å². The van der Waals surface area contributed by atoms with E-state index >= 15 is 0 Å². The van der Waals surface area contributed by atoms with Crippen molar-refractivity contribution in [2.45, 2.75) is 6.54 Å². The van der Waals surface area contributed by atoms with Crippen LogP contribution in [0.2, 0.25) is 0 Å². The van der Waals surface area contributed by atoms with Crippen molar-refractivity contribution < 1.29 is 14.3 Å². The maximum Gasteiger partial charge on any atom is 0.271 e. The Morgan fingerprint density at radius 1 is 0.964 bits per heavy atom. The van der Waals surface area contributed by atoms with Gasteiger partial charge in [-0.15, -0.1) is 0 Å². The van der Waals surface area contributed by atoms with E-state index in [0.717, 1.165) is 17.8 Å². The monoisotopic (exact) mass is 373 g/mol. The fourth-order valence-electron chi connectivity index (χ4n) is 2.76. The van der Waals surface area contributed by atoms with Gasteiger partial charge in [-0.2, -0.15) is 5.10 Å². The first-order valence-electron chi connectivity index (χ1n) is 8.89. The number of benzene rings is 3. The average molecular weight is 373 g/mol. The molecule has 1 aliphatic rings. The lowest BCUT2D eigenvalue weighted by Crippen LogP contribution is -2.17. The summed E-state index contributed by atoms with van der Waals surface area (Å²) in [6, 6.07) is 22.9. The minimum absolute atomic E-state index is 0.225. The molecule has 1 aliphatic heterocycles. The Balaban J connectivity index is 1.31. The highest BCUT2D eigenvalue weighted by Gasteiger charge is 2.12. The van der Waals surface area contributed by atoms with Crippen LogP contribution in [0.5, 0.6) is 11.5 Å². The Morgan fingerprint density at radius 2 is 1.75 bits per heavy atom. The predicted molar refractivity (Wildman–Crippen MR) is 108 cm³/mol. The summed E-state index contributed by atoms with van der Waals surface area (Å²) in [5.74, 6) is 1.11. The zero-order chi connectivity index (χ0) is 19.2. The first kappa shape index (κ1) is 17.6. The standard InChI is InChI=1S/C22H19N3O3/c26-22(25-24-14-17-6-11-20-21(12-17)28-15-27-20)18-7-9-19(10-8-18)23-13-16-4-2-1-3-5-16/h1-12,14,23H,13,15H2,(H,25,26)/b24-14+. The molecule has 140 valence electrons. The molecule has 28 heavy (non-hydrogen) atoms. The number of amides is 1. The smallest absolute Gasteiger partial charge is 0.271 e. The number of nitrogens with one attached hydrogen (secondary N) is 2. The van der Waals surface area contributed by atoms with E-state index in [9.17, 15) is 4.79 Å². The number of ether oxygens (including phenoxy) is 2. The summed E-state index contributed by atoms with van der Waals surface area (Å²) in [5, 5.41) is 7.33. The minimum atomic E-state index is -0.272. The number of hydrogen-bond acceptors (Lipinski definition) is 5. The number of carbonyl (C=O) groups is 1. The van der Waals surface area contributed by atoms with Crippen LogP contribution in [0.3, 0.4) is 0 Å². The summed E-state index contributed by atoms with van der Waals surface area (Å²) in [7, 11) is 0. The maximum atomic E-state index is 12.2. The largest absolute Gasteiger partial charge is 0.454 e. The van der Waals surface area contributed by atoms with Crippen LogP contribution in [-0.2, 0) is 6.54 Å². The molecule has 0 fully saturated rings. The number of rotatable bonds is 6. The van der Waals surface area contributed by atoms with E-state index in [-0.39, 0.29) is 12.7 Å². The van der Waals surface area contributed by atoms with E-state index in [4.69, 9.17) is 9.47 Å². The summed E-state index contributed by atoms with van der Waals surface area (Å²) in [4.78, 5) is 12.2. The molecule has 6 nitrogen and oxygen atoms in total. The van der Waals surface area contributed by atoms with Gasteiger partial charge in [0.05, 0.1) is 6.21 Å². The van der Waals surface area contributed by atoms with Gasteiger partial charge >= 0.3 is 0 Å². The molecule has 3 aromatic rings. The molecular formula is C22H19N3O3. The lowest BCUT2D eigenvalue weighted by atomic mass is 10.2. The Labute approximate surface area is 162 Å². The summed E-state index contributed by atoms with van der Waals surface area (Å²) >= 11 is 0. The molecule has 0 saturated carbocycles. The Morgan fingerprint density at radius 3 is 2.57 bits per heavy atom. The van der Waals surface area contributed by atoms with Gasteiger partial charge in [-0.25, -0.2) is 5.43 Å². The molecule has 1 amide bonds. The number of hydrogen-bond donors (Lipinski definition) is 2. The maximum absolute atomic E-state index is 12.2. The Bertz CT molecular complexity index is 986. The van der Waals surface area contributed by atoms with Gasteiger partial charge in [0.2, 0.25) is 6.79 Å². The van der Waals surface area contributed by atoms with Crippen molar-refractivity contribution in [3.8, 4) is 11.5 Å². The van der Waals surface area contributed by atoms with Crippen LogP contribution in [0.4, 0.5) is 5.69 Å². The van der Waals surface area contributed by atoms with Crippen LogP contribution in [0.15, 0.2) is 77.9 Å². The molecule has 0 bridgehead atoms. The van der Waals surface area contributed by atoms with Gasteiger partial charge in [-0.1, -0.05) is 30.3 Å². The number of carbonyl (C=O) groups excluding carboxylic acids is 1. The number of hydrazone groups is 1. The molecular weight excluding hydrogens is 354 g/mol. The summed E-state index contributed by atoms with van der Waals surface area (Å²) in [6.45, 7) is 0.953. The summed E-state index contributed by atoms with van der Waals surface area (Å²) in [6.07, 6.45) is 1.57. The first-order chi connectivity index (χ1) is 13.8. The zero-order valence-electron chi connectivity index (χ0n) is 15.1. The highest BCUT2D eigenvalue weighted by Crippen LogP contribution is 2.31. The Kier molecular flexibility index (Phi) is 5.20. The van der Waals surface area contributed by atoms with E-state index in [2.05, 4.69) is 28.0 Å². The molecule has 0 aromatic heterocycles. The summed E-state index contributed by atoms with van der Waals surface area (Å²) in [5.41, 5.74) is 6.02. The normalized spacial score (nSPS) is 12.1. The Hall–Kier alpha value is -3.80. The molecule has 0 atom stereocenters. The summed E-state index contributed by atoms with van der Waals surface area (Å²) < 4.78 is 10.6. The third kappa shape index (κ3) is 4.29. The van der Waals surface area contributed by atoms with E-state index in [1.54, 1.807) is 18.3 Å². The molecule has 4 rings (SSSR count). The fourth-order valence-corrected chi connectivity index (χ4v) is 2.76. The molecule has 0 unspecified atom stereocenters. The van der Waals surface area contributed by atoms with Gasteiger partial charge in [-0.3, -0.25) is 4.79 Å². The molecule has 0 spiro atoms. The van der Waals surface area contributed by atoms with Crippen LogP contribution >= 0.6 is 0 Å². The molecule has 3 aromatic carbocycles. The van der Waals surface area contributed by atoms with Crippen molar-refractivity contribution in [2.75, 3.05) is 12.1 Å². The number of anilines is 1. The van der Waals surface area contributed by atoms with Crippen molar-refractivity contribution in [1.82, 2.24) is 5.43 Å². The lowest BCUT2D eigenvalue weighted by Gasteiger charge is -2.07. The minimum Gasteiger partial charge on any atom is -0.454 e. The van der Waals surface area contributed by atoms with E-state index < -0.39 is 0 Å². The fraction of sp³-hybridized carbons (Fsp3) is 0.0909. The van der Waals surface area contributed by atoms with E-state index in [0.29, 0.717) is 17.1 Å². The van der Waals surface area contributed by atoms with Crippen LogP contribution in [0, 0.1) is 0 Å². The van der Waals surface area contributed by atoms with Crippen molar-refractivity contribution in [3.05, 3.63) is 89.5 Å². The highest BCUT2D eigenvalue weighted by molar-refractivity contribution is 5.95. The van der Waals surface area contributed by atoms with Crippen molar-refractivity contribution >= 4 is 17.8 Å². The second-order valence-corrected chi connectivity index (χ2v) is 6.23. The quantitative estimate of drug-likeness (QED) is 0.509. The van der Waals surface area contributed by atoms with Gasteiger partial charge in [0.1, 0.15) is 0 Å².